The van der Waals surface area contributed by atoms with Gasteiger partial charge in [0.1, 0.15) is 6.61 Å². The zero-order chi connectivity index (χ0) is 19.9. The van der Waals surface area contributed by atoms with E-state index in [1.54, 1.807) is 24.3 Å². The number of carbonyl (C=O) groups excluding carboxylic acids is 2. The third-order valence-corrected chi connectivity index (χ3v) is 5.10. The molecule has 1 aliphatic rings. The Bertz CT molecular complexity index is 806. The zero-order valence-electron chi connectivity index (χ0n) is 16.0. The number of hydrogen-bond donors (Lipinski definition) is 1. The van der Waals surface area contributed by atoms with Crippen molar-refractivity contribution in [3.8, 4) is 0 Å². The van der Waals surface area contributed by atoms with Crippen LogP contribution >= 0.6 is 11.6 Å². The van der Waals surface area contributed by atoms with Crippen LogP contribution in [0.25, 0.3) is 0 Å². The molecule has 0 radical (unpaired) electrons. The normalized spacial score (nSPS) is 16.5. The Hall–Kier alpha value is -2.53. The number of ether oxygens (including phenoxy) is 1. The Kier molecular flexibility index (Phi) is 6.93. The van der Waals surface area contributed by atoms with E-state index < -0.39 is 6.09 Å². The van der Waals surface area contributed by atoms with Gasteiger partial charge in [0, 0.05) is 23.8 Å². The summed E-state index contributed by atoms with van der Waals surface area (Å²) in [7, 11) is 0. The van der Waals surface area contributed by atoms with Crippen LogP contribution in [0.5, 0.6) is 0 Å². The molecule has 148 valence electrons. The average Bonchev–Trinajstić information content (AvgIpc) is 2.69. The fourth-order valence-electron chi connectivity index (χ4n) is 3.29. The van der Waals surface area contributed by atoms with Crippen molar-refractivity contribution in [1.82, 2.24) is 4.90 Å². The lowest BCUT2D eigenvalue weighted by Crippen LogP contribution is -2.39. The van der Waals surface area contributed by atoms with Crippen molar-refractivity contribution in [3.05, 3.63) is 64.7 Å². The minimum Gasteiger partial charge on any atom is -0.444 e. The summed E-state index contributed by atoms with van der Waals surface area (Å²) in [5.41, 5.74) is 2.42. The van der Waals surface area contributed by atoms with Crippen molar-refractivity contribution < 1.29 is 14.3 Å². The molecule has 6 heteroatoms. The molecule has 28 heavy (non-hydrogen) atoms. The monoisotopic (exact) mass is 400 g/mol. The van der Waals surface area contributed by atoms with E-state index in [0.29, 0.717) is 23.0 Å². The maximum absolute atomic E-state index is 12.4. The van der Waals surface area contributed by atoms with Crippen molar-refractivity contribution in [2.45, 2.75) is 32.8 Å². The summed E-state index contributed by atoms with van der Waals surface area (Å²) in [5.74, 6) is 0.734. The molecule has 1 aliphatic heterocycles. The highest BCUT2D eigenvalue weighted by Crippen LogP contribution is 2.18. The smallest absolute Gasteiger partial charge is 0.411 e. The average molecular weight is 401 g/mol. The number of benzene rings is 2. The number of likely N-dealkylation sites (tertiary alicyclic amines) is 1. The summed E-state index contributed by atoms with van der Waals surface area (Å²) < 4.78 is 5.20. The van der Waals surface area contributed by atoms with Crippen LogP contribution in [0.3, 0.4) is 0 Å². The second-order valence-corrected chi connectivity index (χ2v) is 7.72. The molecule has 2 aromatic rings. The molecule has 0 bridgehead atoms. The lowest BCUT2D eigenvalue weighted by molar-refractivity contribution is -0.132. The van der Waals surface area contributed by atoms with Gasteiger partial charge in [0.25, 0.3) is 0 Å². The summed E-state index contributed by atoms with van der Waals surface area (Å²) >= 11 is 5.83. The third kappa shape index (κ3) is 5.99. The first-order valence-electron chi connectivity index (χ1n) is 9.54. The molecule has 0 saturated carbocycles. The van der Waals surface area contributed by atoms with Crippen molar-refractivity contribution in [1.29, 1.82) is 0 Å². The van der Waals surface area contributed by atoms with Crippen LogP contribution < -0.4 is 5.32 Å². The Labute approximate surface area is 170 Å². The number of anilines is 1. The van der Waals surface area contributed by atoms with Gasteiger partial charge < -0.3 is 9.64 Å². The van der Waals surface area contributed by atoms with Crippen LogP contribution in [-0.2, 0) is 22.6 Å². The molecule has 0 aliphatic carbocycles. The molecular weight excluding hydrogens is 376 g/mol. The van der Waals surface area contributed by atoms with Gasteiger partial charge in [-0.2, -0.15) is 0 Å². The van der Waals surface area contributed by atoms with E-state index in [9.17, 15) is 9.59 Å². The van der Waals surface area contributed by atoms with Crippen molar-refractivity contribution >= 4 is 29.3 Å². The Balaban J connectivity index is 1.46. The van der Waals surface area contributed by atoms with Crippen molar-refractivity contribution in [2.75, 3.05) is 18.4 Å². The van der Waals surface area contributed by atoms with Gasteiger partial charge in [-0.1, -0.05) is 42.8 Å². The third-order valence-electron chi connectivity index (χ3n) is 4.85. The van der Waals surface area contributed by atoms with E-state index in [2.05, 4.69) is 12.2 Å². The minimum atomic E-state index is -0.527. The van der Waals surface area contributed by atoms with Crippen LogP contribution in [0, 0.1) is 5.92 Å². The Morgan fingerprint density at radius 2 is 1.79 bits per heavy atom. The molecule has 0 aromatic heterocycles. The molecule has 1 N–H and O–H groups in total. The molecule has 1 heterocycles. The first-order chi connectivity index (χ1) is 13.5. The fraction of sp³-hybridized carbons (Fsp3) is 0.364. The van der Waals surface area contributed by atoms with Crippen LogP contribution in [0.15, 0.2) is 48.5 Å². The van der Waals surface area contributed by atoms with E-state index in [4.69, 9.17) is 16.3 Å². The topological polar surface area (TPSA) is 58.6 Å². The highest BCUT2D eigenvalue weighted by molar-refractivity contribution is 6.30. The predicted molar refractivity (Wildman–Crippen MR) is 110 cm³/mol. The second kappa shape index (κ2) is 9.60. The molecule has 3 rings (SSSR count). The van der Waals surface area contributed by atoms with Gasteiger partial charge in [0.2, 0.25) is 5.91 Å². The number of piperidine rings is 1. The molecular formula is C22H25ClN2O3. The molecule has 2 amide bonds. The maximum atomic E-state index is 12.4. The molecule has 5 nitrogen and oxygen atoms in total. The standard InChI is InChI=1S/C22H25ClN2O3/c1-16-3-2-12-25(14-16)21(26)13-17-6-10-20(11-7-17)24-22(27)28-15-18-4-8-19(23)9-5-18/h4-11,16H,2-3,12-15H2,1H3,(H,24,27)/t16-/m1/s1. The van der Waals surface area contributed by atoms with Gasteiger partial charge in [-0.25, -0.2) is 4.79 Å². The van der Waals surface area contributed by atoms with Crippen molar-refractivity contribution in [3.63, 3.8) is 0 Å². The van der Waals surface area contributed by atoms with E-state index in [0.717, 1.165) is 30.6 Å². The first-order valence-corrected chi connectivity index (χ1v) is 9.92. The van der Waals surface area contributed by atoms with Crippen LogP contribution in [0.2, 0.25) is 5.02 Å². The molecule has 2 aromatic carbocycles. The SMILES string of the molecule is C[C@@H]1CCCN(C(=O)Cc2ccc(NC(=O)OCc3ccc(Cl)cc3)cc2)C1. The van der Waals surface area contributed by atoms with E-state index >= 15 is 0 Å². The first kappa shape index (κ1) is 20.2. The van der Waals surface area contributed by atoms with E-state index in [-0.39, 0.29) is 12.5 Å². The highest BCUT2D eigenvalue weighted by atomic mass is 35.5. The summed E-state index contributed by atoms with van der Waals surface area (Å²) in [5, 5.41) is 3.33. The molecule has 1 atom stereocenters. The number of nitrogens with zero attached hydrogens (tertiary/aromatic N) is 1. The van der Waals surface area contributed by atoms with Gasteiger partial charge in [0.15, 0.2) is 0 Å². The lowest BCUT2D eigenvalue weighted by Gasteiger charge is -2.31. The largest absolute Gasteiger partial charge is 0.444 e. The fourth-order valence-corrected chi connectivity index (χ4v) is 3.42. The molecule has 1 saturated heterocycles. The van der Waals surface area contributed by atoms with Gasteiger partial charge in [-0.05, 0) is 54.2 Å². The maximum Gasteiger partial charge on any atom is 0.411 e. The van der Waals surface area contributed by atoms with Crippen LogP contribution in [-0.4, -0.2) is 30.0 Å². The quantitative estimate of drug-likeness (QED) is 0.777. The van der Waals surface area contributed by atoms with Gasteiger partial charge in [0.05, 0.1) is 6.42 Å². The zero-order valence-corrected chi connectivity index (χ0v) is 16.7. The summed E-state index contributed by atoms with van der Waals surface area (Å²) in [6.07, 6.45) is 2.13. The Morgan fingerprint density at radius 1 is 1.11 bits per heavy atom. The van der Waals surface area contributed by atoms with Crippen LogP contribution in [0.4, 0.5) is 10.5 Å². The minimum absolute atomic E-state index is 0.162. The Morgan fingerprint density at radius 3 is 2.46 bits per heavy atom. The number of nitrogens with one attached hydrogen (secondary N) is 1. The summed E-state index contributed by atoms with van der Waals surface area (Å²) in [6, 6.07) is 14.4. The van der Waals surface area contributed by atoms with Gasteiger partial charge in [-0.3, -0.25) is 10.1 Å². The summed E-state index contributed by atoms with van der Waals surface area (Å²) in [6.45, 7) is 4.05. The highest BCUT2D eigenvalue weighted by Gasteiger charge is 2.20. The van der Waals surface area contributed by atoms with Crippen molar-refractivity contribution in [2.24, 2.45) is 5.92 Å². The van der Waals surface area contributed by atoms with Gasteiger partial charge >= 0.3 is 6.09 Å². The predicted octanol–water partition coefficient (Wildman–Crippen LogP) is 4.89. The summed E-state index contributed by atoms with van der Waals surface area (Å²) in [4.78, 5) is 26.3. The molecule has 0 unspecified atom stereocenters. The number of hydrogen-bond acceptors (Lipinski definition) is 3. The lowest BCUT2D eigenvalue weighted by atomic mass is 9.99. The van der Waals surface area contributed by atoms with Crippen LogP contribution in [0.1, 0.15) is 30.9 Å². The number of amides is 2. The number of carbonyl (C=O) groups is 2. The van der Waals surface area contributed by atoms with Gasteiger partial charge in [-0.15, -0.1) is 0 Å². The van der Waals surface area contributed by atoms with E-state index in [1.807, 2.05) is 29.2 Å². The number of halogens is 1. The number of rotatable bonds is 5. The molecule has 1 fully saturated rings. The van der Waals surface area contributed by atoms with E-state index in [1.165, 1.54) is 6.42 Å². The second-order valence-electron chi connectivity index (χ2n) is 7.29. The molecule has 0 spiro atoms.